The molecule has 2 heterocycles. The number of aliphatic hydroxyl groups is 2. The maximum atomic E-state index is 13.6. The summed E-state index contributed by atoms with van der Waals surface area (Å²) in [6, 6.07) is 15.6. The number of esters is 1. The van der Waals surface area contributed by atoms with Crippen molar-refractivity contribution in [3.05, 3.63) is 90.3 Å². The van der Waals surface area contributed by atoms with Gasteiger partial charge >= 0.3 is 12.1 Å². The number of carbonyl (C=O) groups is 1. The van der Waals surface area contributed by atoms with Gasteiger partial charge in [0, 0.05) is 35.5 Å². The zero-order valence-electron chi connectivity index (χ0n) is 22.0. The Kier molecular flexibility index (Phi) is 9.48. The van der Waals surface area contributed by atoms with Gasteiger partial charge < -0.3 is 20.3 Å². The topological polar surface area (TPSA) is 122 Å². The second kappa shape index (κ2) is 13.2. The van der Waals surface area contributed by atoms with E-state index in [-0.39, 0.29) is 42.5 Å². The van der Waals surface area contributed by atoms with Gasteiger partial charge in [0.15, 0.2) is 5.82 Å². The van der Waals surface area contributed by atoms with Crippen LogP contribution in [0.25, 0.3) is 23.2 Å². The number of aromatic nitrogens is 4. The molecule has 0 aliphatic rings. The highest BCUT2D eigenvalue weighted by Gasteiger charge is 2.31. The number of nitrogens with one attached hydrogen (secondary N) is 1. The van der Waals surface area contributed by atoms with Gasteiger partial charge in [0.05, 0.1) is 42.7 Å². The number of para-hydroxylation sites is 1. The number of halogens is 3. The summed E-state index contributed by atoms with van der Waals surface area (Å²) in [5.74, 6) is -0.0477. The number of hydrogen-bond acceptors (Lipinski definition) is 8. The van der Waals surface area contributed by atoms with Crippen molar-refractivity contribution >= 4 is 23.7 Å². The fraction of sp³-hybridized carbons (Fsp3) is 0.241. The SMILES string of the molecule is CCOC(=O)C[C@H](O)C[C@@H](O)/C=C/c1cnn(-c2ccnc(Nc3ccccc3)n2)c1-c1cccc(C(F)(F)F)c1. The largest absolute Gasteiger partial charge is 0.466 e. The van der Waals surface area contributed by atoms with Gasteiger partial charge in [-0.3, -0.25) is 4.79 Å². The molecular weight excluding hydrogens is 539 g/mol. The molecule has 0 spiro atoms. The molecule has 0 radical (unpaired) electrons. The van der Waals surface area contributed by atoms with Crippen LogP contribution in [0.2, 0.25) is 0 Å². The van der Waals surface area contributed by atoms with Gasteiger partial charge in [0.25, 0.3) is 0 Å². The molecule has 0 amide bonds. The van der Waals surface area contributed by atoms with Crippen LogP contribution < -0.4 is 5.32 Å². The molecule has 0 saturated heterocycles. The van der Waals surface area contributed by atoms with Crippen LogP contribution >= 0.6 is 0 Å². The minimum absolute atomic E-state index is 0.150. The summed E-state index contributed by atoms with van der Waals surface area (Å²) >= 11 is 0. The highest BCUT2D eigenvalue weighted by atomic mass is 19.4. The standard InChI is InChI=1S/C29H28F3N5O4/c1-2-41-26(40)17-24(39)16-23(38)12-11-20-18-34-37(27(20)19-7-6-8-21(15-19)29(30,31)32)25-13-14-33-28(36-25)35-22-9-4-3-5-10-22/h3-15,18,23-24,38-39H,2,16-17H2,1H3,(H,33,35,36)/b12-11+/t23-,24+/m0/s1. The third-order valence-electron chi connectivity index (χ3n) is 5.87. The van der Waals surface area contributed by atoms with Gasteiger partial charge in [-0.2, -0.15) is 23.3 Å². The van der Waals surface area contributed by atoms with E-state index >= 15 is 0 Å². The molecule has 2 aromatic carbocycles. The number of benzene rings is 2. The highest BCUT2D eigenvalue weighted by Crippen LogP contribution is 2.34. The lowest BCUT2D eigenvalue weighted by molar-refractivity contribution is -0.145. The van der Waals surface area contributed by atoms with Crippen molar-refractivity contribution in [1.29, 1.82) is 0 Å². The van der Waals surface area contributed by atoms with E-state index in [1.807, 2.05) is 30.3 Å². The molecule has 0 bridgehead atoms. The smallest absolute Gasteiger partial charge is 0.416 e. The Hall–Kier alpha value is -4.55. The number of anilines is 2. The molecular formula is C29H28F3N5O4. The molecule has 0 aliphatic heterocycles. The van der Waals surface area contributed by atoms with E-state index in [1.165, 1.54) is 41.4 Å². The lowest BCUT2D eigenvalue weighted by atomic mass is 10.0. The molecule has 4 rings (SSSR count). The van der Waals surface area contributed by atoms with Crippen molar-refractivity contribution in [1.82, 2.24) is 19.7 Å². The van der Waals surface area contributed by atoms with Gasteiger partial charge in [-0.1, -0.05) is 42.5 Å². The summed E-state index contributed by atoms with van der Waals surface area (Å²) in [6.45, 7) is 1.82. The number of hydrogen-bond donors (Lipinski definition) is 3. The van der Waals surface area contributed by atoms with Gasteiger partial charge in [0.2, 0.25) is 5.95 Å². The van der Waals surface area contributed by atoms with E-state index in [2.05, 4.69) is 20.4 Å². The quantitative estimate of drug-likeness (QED) is 0.212. The minimum Gasteiger partial charge on any atom is -0.466 e. The van der Waals surface area contributed by atoms with Crippen molar-refractivity contribution in [3.63, 3.8) is 0 Å². The Labute approximate surface area is 234 Å². The molecule has 4 aromatic rings. The number of rotatable bonds is 11. The molecule has 0 fully saturated rings. The molecule has 214 valence electrons. The van der Waals surface area contributed by atoms with Crippen molar-refractivity contribution in [2.45, 2.75) is 38.1 Å². The fourth-order valence-corrected chi connectivity index (χ4v) is 4.03. The van der Waals surface area contributed by atoms with Crippen molar-refractivity contribution in [3.8, 4) is 17.1 Å². The number of ether oxygens (including phenoxy) is 1. The first-order valence-electron chi connectivity index (χ1n) is 12.7. The molecule has 3 N–H and O–H groups in total. The molecule has 12 heteroatoms. The number of nitrogens with zero attached hydrogens (tertiary/aromatic N) is 4. The molecule has 0 aliphatic carbocycles. The van der Waals surface area contributed by atoms with Crippen LogP contribution in [0.5, 0.6) is 0 Å². The third kappa shape index (κ3) is 7.99. The zero-order chi connectivity index (χ0) is 29.4. The second-order valence-corrected chi connectivity index (χ2v) is 8.99. The lowest BCUT2D eigenvalue weighted by Crippen LogP contribution is -2.20. The van der Waals surface area contributed by atoms with Crippen LogP contribution in [0.15, 0.2) is 79.1 Å². The minimum atomic E-state index is -4.57. The second-order valence-electron chi connectivity index (χ2n) is 8.99. The Morgan fingerprint density at radius 1 is 1.12 bits per heavy atom. The summed E-state index contributed by atoms with van der Waals surface area (Å²) in [4.78, 5) is 20.3. The number of alkyl halides is 3. The average Bonchev–Trinajstić information content (AvgIpc) is 3.36. The summed E-state index contributed by atoms with van der Waals surface area (Å²) in [5, 5.41) is 28.0. The number of carbonyl (C=O) groups excluding carboxylic acids is 1. The first kappa shape index (κ1) is 29.4. The summed E-state index contributed by atoms with van der Waals surface area (Å²) in [7, 11) is 0. The van der Waals surface area contributed by atoms with E-state index < -0.39 is 29.9 Å². The van der Waals surface area contributed by atoms with E-state index in [1.54, 1.807) is 13.0 Å². The van der Waals surface area contributed by atoms with E-state index in [4.69, 9.17) is 4.74 Å². The van der Waals surface area contributed by atoms with Gasteiger partial charge in [-0.15, -0.1) is 0 Å². The van der Waals surface area contributed by atoms with Crippen LogP contribution in [-0.2, 0) is 15.7 Å². The maximum Gasteiger partial charge on any atom is 0.416 e. The zero-order valence-corrected chi connectivity index (χ0v) is 22.0. The predicted molar refractivity (Wildman–Crippen MR) is 146 cm³/mol. The van der Waals surface area contributed by atoms with Crippen LogP contribution in [0, 0.1) is 0 Å². The normalized spacial score (nSPS) is 13.2. The van der Waals surface area contributed by atoms with Gasteiger partial charge in [0.1, 0.15) is 0 Å². The molecule has 2 aromatic heterocycles. The first-order valence-corrected chi connectivity index (χ1v) is 12.7. The molecule has 0 unspecified atom stereocenters. The van der Waals surface area contributed by atoms with Crippen LogP contribution in [0.1, 0.15) is 30.9 Å². The highest BCUT2D eigenvalue weighted by molar-refractivity contribution is 5.74. The third-order valence-corrected chi connectivity index (χ3v) is 5.87. The van der Waals surface area contributed by atoms with Crippen LogP contribution in [0.4, 0.5) is 24.8 Å². The maximum absolute atomic E-state index is 13.6. The Morgan fingerprint density at radius 2 is 1.90 bits per heavy atom. The fourth-order valence-electron chi connectivity index (χ4n) is 4.03. The van der Waals surface area contributed by atoms with Gasteiger partial charge in [-0.25, -0.2) is 9.67 Å². The van der Waals surface area contributed by atoms with E-state index in [0.29, 0.717) is 5.56 Å². The summed E-state index contributed by atoms with van der Waals surface area (Å²) in [6.07, 6.45) is -1.50. The van der Waals surface area contributed by atoms with Crippen molar-refractivity contribution in [2.24, 2.45) is 0 Å². The van der Waals surface area contributed by atoms with Crippen molar-refractivity contribution in [2.75, 3.05) is 11.9 Å². The van der Waals surface area contributed by atoms with E-state index in [0.717, 1.165) is 17.8 Å². The lowest BCUT2D eigenvalue weighted by Gasteiger charge is -2.13. The molecule has 2 atom stereocenters. The average molecular weight is 568 g/mol. The Morgan fingerprint density at radius 3 is 2.63 bits per heavy atom. The Bertz CT molecular complexity index is 1490. The van der Waals surface area contributed by atoms with Crippen molar-refractivity contribution < 1.29 is 32.9 Å². The summed E-state index contributed by atoms with van der Waals surface area (Å²) < 4.78 is 46.8. The Balaban J connectivity index is 1.68. The first-order chi connectivity index (χ1) is 19.6. The summed E-state index contributed by atoms with van der Waals surface area (Å²) in [5.41, 5.74) is 0.792. The van der Waals surface area contributed by atoms with Gasteiger partial charge in [-0.05, 0) is 31.2 Å². The number of aliphatic hydroxyl groups excluding tert-OH is 2. The molecule has 9 nitrogen and oxygen atoms in total. The van der Waals surface area contributed by atoms with Crippen LogP contribution in [0.3, 0.4) is 0 Å². The van der Waals surface area contributed by atoms with Crippen LogP contribution in [-0.4, -0.2) is 54.7 Å². The predicted octanol–water partition coefficient (Wildman–Crippen LogP) is 5.17. The molecule has 41 heavy (non-hydrogen) atoms. The monoisotopic (exact) mass is 567 g/mol. The molecule has 0 saturated carbocycles. The van der Waals surface area contributed by atoms with E-state index in [9.17, 15) is 28.2 Å².